The van der Waals surface area contributed by atoms with Gasteiger partial charge in [-0.05, 0) is 30.3 Å². The van der Waals surface area contributed by atoms with E-state index >= 15 is 0 Å². The third-order valence-corrected chi connectivity index (χ3v) is 4.60. The van der Waals surface area contributed by atoms with Gasteiger partial charge in [-0.3, -0.25) is 9.38 Å². The van der Waals surface area contributed by atoms with Crippen LogP contribution in [0.4, 0.5) is 22.0 Å². The molecule has 0 fully saturated rings. The number of nitrogens with zero attached hydrogens (tertiary/aromatic N) is 6. The van der Waals surface area contributed by atoms with Crippen molar-refractivity contribution in [1.29, 1.82) is 0 Å². The lowest BCUT2D eigenvalue weighted by molar-refractivity contribution is -0.290. The summed E-state index contributed by atoms with van der Waals surface area (Å²) < 4.78 is 74.2. The fourth-order valence-electron chi connectivity index (χ4n) is 3.16. The second-order valence-corrected chi connectivity index (χ2v) is 6.51. The van der Waals surface area contributed by atoms with Gasteiger partial charge in [0.15, 0.2) is 0 Å². The van der Waals surface area contributed by atoms with Gasteiger partial charge in [0, 0.05) is 23.3 Å². The van der Waals surface area contributed by atoms with Crippen LogP contribution >= 0.6 is 0 Å². The first kappa shape index (κ1) is 19.0. The first-order valence-electron chi connectivity index (χ1n) is 8.71. The highest BCUT2D eigenvalue weighted by Crippen LogP contribution is 2.44. The Morgan fingerprint density at radius 3 is 2.45 bits per heavy atom. The average Bonchev–Trinajstić information content (AvgIpc) is 3.42. The van der Waals surface area contributed by atoms with Crippen molar-refractivity contribution in [3.8, 4) is 22.8 Å². The van der Waals surface area contributed by atoms with E-state index in [1.54, 1.807) is 18.2 Å². The summed E-state index contributed by atoms with van der Waals surface area (Å²) in [6.07, 6.45) is -1.97. The zero-order valence-corrected chi connectivity index (χ0v) is 15.2. The number of pyridine rings is 3. The molecule has 12 heteroatoms. The second-order valence-electron chi connectivity index (χ2n) is 6.51. The number of imidazole rings is 1. The van der Waals surface area contributed by atoms with Crippen LogP contribution in [0, 0.1) is 0 Å². The van der Waals surface area contributed by atoms with Crippen LogP contribution in [0.25, 0.3) is 39.5 Å². The molecule has 156 valence electrons. The van der Waals surface area contributed by atoms with Gasteiger partial charge in [0.05, 0.1) is 5.69 Å². The summed E-state index contributed by atoms with van der Waals surface area (Å²) in [7, 11) is 0. The van der Waals surface area contributed by atoms with E-state index in [1.165, 1.54) is 28.9 Å². The lowest BCUT2D eigenvalue weighted by atomic mass is 10.0. The molecule has 0 atom stereocenters. The zero-order valence-electron chi connectivity index (χ0n) is 15.2. The molecule has 0 unspecified atom stereocenters. The van der Waals surface area contributed by atoms with Crippen molar-refractivity contribution in [1.82, 2.24) is 29.5 Å². The Morgan fingerprint density at radius 2 is 1.77 bits per heavy atom. The maximum Gasteiger partial charge on any atom is 0.459 e. The van der Waals surface area contributed by atoms with Gasteiger partial charge in [-0.2, -0.15) is 22.0 Å². The molecule has 0 aliphatic heterocycles. The molecular weight excluding hydrogens is 423 g/mol. The number of halogens is 5. The van der Waals surface area contributed by atoms with E-state index < -0.39 is 17.8 Å². The van der Waals surface area contributed by atoms with E-state index in [0.717, 1.165) is 6.39 Å². The van der Waals surface area contributed by atoms with Crippen LogP contribution in [0.1, 0.15) is 5.69 Å². The molecule has 5 aromatic heterocycles. The standard InChI is InChI=1S/C19H9F5N6O/c20-18(21,19(22,23)24)14-7-11(12-3-1-2-6-25-12)10-4-5-15-27-13(17-29-26-9-31-17)8-30(15)16(10)28-14/h1-9H. The molecule has 0 radical (unpaired) electrons. The Kier molecular flexibility index (Phi) is 4.00. The molecule has 0 aromatic carbocycles. The van der Waals surface area contributed by atoms with E-state index in [1.807, 2.05) is 0 Å². The predicted molar refractivity (Wildman–Crippen MR) is 97.0 cm³/mol. The summed E-state index contributed by atoms with van der Waals surface area (Å²) >= 11 is 0. The third-order valence-electron chi connectivity index (χ3n) is 4.60. The van der Waals surface area contributed by atoms with Crippen LogP contribution in [-0.2, 0) is 5.92 Å². The van der Waals surface area contributed by atoms with Crippen LogP contribution in [0.2, 0.25) is 0 Å². The van der Waals surface area contributed by atoms with Gasteiger partial charge < -0.3 is 4.42 Å². The summed E-state index contributed by atoms with van der Waals surface area (Å²) in [6, 6.07) is 8.51. The van der Waals surface area contributed by atoms with Crippen LogP contribution in [0.3, 0.4) is 0 Å². The number of hydrogen-bond acceptors (Lipinski definition) is 6. The van der Waals surface area contributed by atoms with Crippen molar-refractivity contribution in [2.24, 2.45) is 0 Å². The second kappa shape index (κ2) is 6.52. The van der Waals surface area contributed by atoms with E-state index in [9.17, 15) is 22.0 Å². The minimum absolute atomic E-state index is 0.0542. The number of alkyl halides is 5. The van der Waals surface area contributed by atoms with Crippen LogP contribution in [0.15, 0.2) is 59.6 Å². The highest BCUT2D eigenvalue weighted by molar-refractivity contribution is 5.93. The first-order chi connectivity index (χ1) is 14.8. The molecule has 5 aromatic rings. The third kappa shape index (κ3) is 2.98. The van der Waals surface area contributed by atoms with Gasteiger partial charge in [0.25, 0.3) is 5.89 Å². The molecule has 5 heterocycles. The summed E-state index contributed by atoms with van der Waals surface area (Å²) in [5, 5.41) is 7.58. The molecule has 0 spiro atoms. The lowest BCUT2D eigenvalue weighted by Gasteiger charge is -2.20. The largest absolute Gasteiger partial charge is 0.459 e. The summed E-state index contributed by atoms with van der Waals surface area (Å²) in [5.41, 5.74) is -0.872. The van der Waals surface area contributed by atoms with Crippen LogP contribution in [0.5, 0.6) is 0 Å². The Hall–Kier alpha value is -3.96. The normalized spacial score (nSPS) is 12.7. The van der Waals surface area contributed by atoms with Crippen LogP contribution < -0.4 is 0 Å². The number of rotatable bonds is 3. The Morgan fingerprint density at radius 1 is 0.935 bits per heavy atom. The van der Waals surface area contributed by atoms with E-state index in [4.69, 9.17) is 4.42 Å². The Bertz CT molecular complexity index is 1400. The molecular formula is C19H9F5N6O. The number of hydrogen-bond donors (Lipinski definition) is 0. The van der Waals surface area contributed by atoms with Crippen LogP contribution in [-0.4, -0.2) is 35.7 Å². The smallest absolute Gasteiger partial charge is 0.422 e. The van der Waals surface area contributed by atoms with Gasteiger partial charge in [0.2, 0.25) is 6.39 Å². The minimum Gasteiger partial charge on any atom is -0.422 e. The van der Waals surface area contributed by atoms with Crippen molar-refractivity contribution < 1.29 is 26.4 Å². The SMILES string of the molecule is FC(F)(F)C(F)(F)c1cc(-c2ccccn2)c2ccc3nc(-c4nnco4)cn3c2n1. The summed E-state index contributed by atoms with van der Waals surface area (Å²) in [6.45, 7) is 0. The molecule has 0 bridgehead atoms. The molecule has 0 aliphatic rings. The Balaban J connectivity index is 1.86. The van der Waals surface area contributed by atoms with Gasteiger partial charge in [0.1, 0.15) is 22.7 Å². The van der Waals surface area contributed by atoms with Crippen molar-refractivity contribution >= 4 is 16.7 Å². The van der Waals surface area contributed by atoms with Gasteiger partial charge in [-0.1, -0.05) is 6.07 Å². The van der Waals surface area contributed by atoms with Crippen molar-refractivity contribution in [2.75, 3.05) is 0 Å². The minimum atomic E-state index is -5.83. The number of fused-ring (bicyclic) bond motifs is 3. The van der Waals surface area contributed by atoms with Crippen molar-refractivity contribution in [2.45, 2.75) is 12.1 Å². The van der Waals surface area contributed by atoms with E-state index in [0.29, 0.717) is 11.5 Å². The molecule has 7 nitrogen and oxygen atoms in total. The maximum atomic E-state index is 14.2. The maximum absolute atomic E-state index is 14.2. The highest BCUT2D eigenvalue weighted by Gasteiger charge is 2.60. The molecule has 5 rings (SSSR count). The van der Waals surface area contributed by atoms with Crippen molar-refractivity contribution in [3.05, 3.63) is 60.9 Å². The van der Waals surface area contributed by atoms with Gasteiger partial charge in [-0.15, -0.1) is 10.2 Å². The predicted octanol–water partition coefficient (Wildman–Crippen LogP) is 4.65. The summed E-state index contributed by atoms with van der Waals surface area (Å²) in [5.74, 6) is -5.12. The van der Waals surface area contributed by atoms with Gasteiger partial charge in [-0.25, -0.2) is 9.97 Å². The zero-order chi connectivity index (χ0) is 21.8. The topological polar surface area (TPSA) is 82.0 Å². The molecule has 0 amide bonds. The molecule has 31 heavy (non-hydrogen) atoms. The fraction of sp³-hybridized carbons (Fsp3) is 0.105. The lowest BCUT2D eigenvalue weighted by Crippen LogP contribution is -2.34. The van der Waals surface area contributed by atoms with E-state index in [2.05, 4.69) is 25.1 Å². The quantitative estimate of drug-likeness (QED) is 0.386. The average molecular weight is 432 g/mol. The molecule has 0 aliphatic carbocycles. The Labute approximate surface area is 169 Å². The van der Waals surface area contributed by atoms with E-state index in [-0.39, 0.29) is 34.1 Å². The first-order valence-corrected chi connectivity index (χ1v) is 8.71. The number of aromatic nitrogens is 6. The molecule has 0 saturated heterocycles. The fourth-order valence-corrected chi connectivity index (χ4v) is 3.16. The van der Waals surface area contributed by atoms with Crippen molar-refractivity contribution in [3.63, 3.8) is 0 Å². The van der Waals surface area contributed by atoms with Gasteiger partial charge >= 0.3 is 12.1 Å². The monoisotopic (exact) mass is 432 g/mol. The highest BCUT2D eigenvalue weighted by atomic mass is 19.4. The molecule has 0 N–H and O–H groups in total. The molecule has 0 saturated carbocycles. The summed E-state index contributed by atoms with van der Waals surface area (Å²) in [4.78, 5) is 12.0.